The lowest BCUT2D eigenvalue weighted by molar-refractivity contribution is -0.137. The fraction of sp³-hybridized carbons (Fsp3) is 0.545. The van der Waals surface area contributed by atoms with Crippen molar-refractivity contribution in [3.63, 3.8) is 0 Å². The highest BCUT2D eigenvalue weighted by Gasteiger charge is 2.40. The SMILES string of the molecule is CC(C)(C)OC(=O)NCCN(CCCNc1c(C(F)(F)F)ccc2c1N(C(=O)OC(C)(C)C)c1ccccc1S2)C(=O)OC(C)(C)C. The van der Waals surface area contributed by atoms with E-state index in [-0.39, 0.29) is 44.0 Å². The first-order valence-corrected chi connectivity index (χ1v) is 16.1. The minimum Gasteiger partial charge on any atom is -0.444 e. The number of hydrogen-bond donors (Lipinski definition) is 2. The number of carbonyl (C=O) groups excluding carboxylic acids is 3. The molecule has 0 saturated carbocycles. The van der Waals surface area contributed by atoms with Crippen molar-refractivity contribution in [1.82, 2.24) is 10.2 Å². The minimum atomic E-state index is -4.74. The summed E-state index contributed by atoms with van der Waals surface area (Å²) in [4.78, 5) is 42.3. The molecule has 0 aromatic heterocycles. The van der Waals surface area contributed by atoms with Gasteiger partial charge >= 0.3 is 24.5 Å². The second-order valence-electron chi connectivity index (χ2n) is 13.9. The van der Waals surface area contributed by atoms with Gasteiger partial charge in [0.1, 0.15) is 16.8 Å². The second-order valence-corrected chi connectivity index (χ2v) is 15.0. The molecule has 0 atom stereocenters. The molecule has 1 aliphatic rings. The lowest BCUT2D eigenvalue weighted by Gasteiger charge is -2.35. The summed E-state index contributed by atoms with van der Waals surface area (Å²) < 4.78 is 59.7. The molecule has 0 saturated heterocycles. The van der Waals surface area contributed by atoms with E-state index in [1.54, 1.807) is 86.6 Å². The van der Waals surface area contributed by atoms with E-state index in [0.29, 0.717) is 15.5 Å². The summed E-state index contributed by atoms with van der Waals surface area (Å²) in [5, 5.41) is 5.52. The summed E-state index contributed by atoms with van der Waals surface area (Å²) in [7, 11) is 0. The molecule has 0 radical (unpaired) electrons. The number of nitrogens with zero attached hydrogens (tertiary/aromatic N) is 2. The molecule has 2 aromatic rings. The number of halogens is 3. The maximum absolute atomic E-state index is 14.4. The molecule has 0 unspecified atom stereocenters. The quantitative estimate of drug-likeness (QED) is 0.210. The largest absolute Gasteiger partial charge is 0.444 e. The van der Waals surface area contributed by atoms with Gasteiger partial charge in [0.15, 0.2) is 0 Å². The molecule has 0 fully saturated rings. The van der Waals surface area contributed by atoms with Gasteiger partial charge in [-0.25, -0.2) is 19.3 Å². The fourth-order valence-corrected chi connectivity index (χ4v) is 5.54. The van der Waals surface area contributed by atoms with Crippen LogP contribution in [0.4, 0.5) is 44.6 Å². The molecular formula is C33H45F3N4O6S. The van der Waals surface area contributed by atoms with E-state index in [0.717, 1.165) is 6.07 Å². The number of carbonyl (C=O) groups is 3. The summed E-state index contributed by atoms with van der Waals surface area (Å²) in [6.07, 6.45) is -6.63. The highest BCUT2D eigenvalue weighted by atomic mass is 32.2. The van der Waals surface area contributed by atoms with E-state index in [2.05, 4.69) is 10.6 Å². The zero-order valence-electron chi connectivity index (χ0n) is 28.4. The van der Waals surface area contributed by atoms with Crippen LogP contribution in [0, 0.1) is 0 Å². The van der Waals surface area contributed by atoms with Crippen molar-refractivity contribution in [2.45, 2.75) is 102 Å². The van der Waals surface area contributed by atoms with Gasteiger partial charge in [0.2, 0.25) is 0 Å². The molecule has 47 heavy (non-hydrogen) atoms. The van der Waals surface area contributed by atoms with E-state index < -0.39 is 46.8 Å². The molecule has 2 N–H and O–H groups in total. The van der Waals surface area contributed by atoms with Gasteiger partial charge in [-0.15, -0.1) is 0 Å². The number of alkyl carbamates (subject to hydrolysis) is 1. The Kier molecular flexibility index (Phi) is 11.6. The van der Waals surface area contributed by atoms with Crippen molar-refractivity contribution >= 4 is 47.1 Å². The lowest BCUT2D eigenvalue weighted by atomic mass is 10.1. The average Bonchev–Trinajstić information content (AvgIpc) is 2.89. The van der Waals surface area contributed by atoms with Crippen LogP contribution in [0.1, 0.15) is 74.3 Å². The number of fused-ring (bicyclic) bond motifs is 2. The summed E-state index contributed by atoms with van der Waals surface area (Å²) >= 11 is 1.25. The maximum atomic E-state index is 14.4. The Morgan fingerprint density at radius 2 is 1.40 bits per heavy atom. The Labute approximate surface area is 278 Å². The first-order valence-electron chi connectivity index (χ1n) is 15.3. The number of alkyl halides is 3. The van der Waals surface area contributed by atoms with E-state index in [1.165, 1.54) is 27.6 Å². The van der Waals surface area contributed by atoms with Crippen LogP contribution < -0.4 is 15.5 Å². The van der Waals surface area contributed by atoms with Crippen molar-refractivity contribution in [2.24, 2.45) is 0 Å². The number of nitrogens with one attached hydrogen (secondary N) is 2. The van der Waals surface area contributed by atoms with Crippen LogP contribution in [0.5, 0.6) is 0 Å². The van der Waals surface area contributed by atoms with E-state index in [9.17, 15) is 27.6 Å². The topological polar surface area (TPSA) is 109 Å². The summed E-state index contributed by atoms with van der Waals surface area (Å²) in [5.41, 5.74) is -3.20. The normalized spacial score (nSPS) is 13.2. The van der Waals surface area contributed by atoms with Gasteiger partial charge in [0.25, 0.3) is 0 Å². The van der Waals surface area contributed by atoms with E-state index >= 15 is 0 Å². The molecule has 0 spiro atoms. The average molecular weight is 683 g/mol. The predicted molar refractivity (Wildman–Crippen MR) is 176 cm³/mol. The van der Waals surface area contributed by atoms with E-state index in [1.807, 2.05) is 0 Å². The third kappa shape index (κ3) is 11.1. The number of hydrogen-bond acceptors (Lipinski definition) is 8. The number of para-hydroxylation sites is 1. The molecule has 3 rings (SSSR count). The van der Waals surface area contributed by atoms with Crippen LogP contribution in [-0.2, 0) is 20.4 Å². The van der Waals surface area contributed by atoms with Crippen molar-refractivity contribution < 1.29 is 41.8 Å². The van der Waals surface area contributed by atoms with Crippen LogP contribution >= 0.6 is 11.8 Å². The highest BCUT2D eigenvalue weighted by Crippen LogP contribution is 2.54. The van der Waals surface area contributed by atoms with Gasteiger partial charge in [-0.2, -0.15) is 13.2 Å². The monoisotopic (exact) mass is 682 g/mol. The Morgan fingerprint density at radius 3 is 2.00 bits per heavy atom. The van der Waals surface area contributed by atoms with Crippen molar-refractivity contribution in [3.8, 4) is 0 Å². The van der Waals surface area contributed by atoms with Gasteiger partial charge < -0.3 is 29.7 Å². The molecule has 14 heteroatoms. The zero-order valence-corrected chi connectivity index (χ0v) is 29.2. The van der Waals surface area contributed by atoms with Gasteiger partial charge in [0.05, 0.1) is 22.6 Å². The minimum absolute atomic E-state index is 0.00674. The Bertz CT molecular complexity index is 1450. The molecular weight excluding hydrogens is 637 g/mol. The van der Waals surface area contributed by atoms with Crippen molar-refractivity contribution in [2.75, 3.05) is 36.4 Å². The van der Waals surface area contributed by atoms with Crippen molar-refractivity contribution in [3.05, 3.63) is 42.0 Å². The fourth-order valence-electron chi connectivity index (χ4n) is 4.47. The maximum Gasteiger partial charge on any atom is 0.419 e. The van der Waals surface area contributed by atoms with Gasteiger partial charge in [-0.3, -0.25) is 0 Å². The molecule has 0 bridgehead atoms. The highest BCUT2D eigenvalue weighted by molar-refractivity contribution is 7.99. The Morgan fingerprint density at radius 1 is 0.787 bits per heavy atom. The molecule has 1 heterocycles. The van der Waals surface area contributed by atoms with Gasteiger partial charge in [-0.1, -0.05) is 23.9 Å². The molecule has 260 valence electrons. The molecule has 2 aromatic carbocycles. The van der Waals surface area contributed by atoms with Crippen LogP contribution in [0.2, 0.25) is 0 Å². The number of ether oxygens (including phenoxy) is 3. The van der Waals surface area contributed by atoms with Crippen LogP contribution in [-0.4, -0.2) is 66.2 Å². The first kappa shape index (κ1) is 37.6. The van der Waals surface area contributed by atoms with Gasteiger partial charge in [0, 0.05) is 36.0 Å². The molecule has 3 amide bonds. The lowest BCUT2D eigenvalue weighted by Crippen LogP contribution is -2.43. The third-order valence-electron chi connectivity index (χ3n) is 6.18. The zero-order chi connectivity index (χ0) is 35.4. The molecule has 1 aliphatic heterocycles. The number of benzene rings is 2. The number of rotatable bonds is 8. The van der Waals surface area contributed by atoms with E-state index in [4.69, 9.17) is 14.2 Å². The van der Waals surface area contributed by atoms with Crippen LogP contribution in [0.3, 0.4) is 0 Å². The summed E-state index contributed by atoms with van der Waals surface area (Å²) in [6.45, 7) is 15.6. The first-order chi connectivity index (χ1) is 21.6. The molecule has 10 nitrogen and oxygen atoms in total. The number of anilines is 3. The Balaban J connectivity index is 1.88. The smallest absolute Gasteiger partial charge is 0.419 e. The van der Waals surface area contributed by atoms with Crippen molar-refractivity contribution in [1.29, 1.82) is 0 Å². The second kappa shape index (κ2) is 14.5. The van der Waals surface area contributed by atoms with Crippen LogP contribution in [0.25, 0.3) is 0 Å². The predicted octanol–water partition coefficient (Wildman–Crippen LogP) is 8.81. The van der Waals surface area contributed by atoms with Crippen LogP contribution in [0.15, 0.2) is 46.2 Å². The summed E-state index contributed by atoms with van der Waals surface area (Å²) in [5.74, 6) is 0. The third-order valence-corrected chi connectivity index (χ3v) is 7.29. The standard InChI is InChI=1S/C33H45F3N4O6S/c1-30(2,3)44-27(41)38-18-20-39(28(42)45-31(4,5)6)19-12-17-37-25-21(33(34,35)36)15-16-24-26(25)40(29(43)46-32(7,8)9)22-13-10-11-14-23(22)47-24/h10-11,13-16,37H,12,17-20H2,1-9H3,(H,38,41). The number of amides is 3. The Hall–Kier alpha value is -3.81. The van der Waals surface area contributed by atoms with Gasteiger partial charge in [-0.05, 0) is 93.0 Å². The summed E-state index contributed by atoms with van der Waals surface area (Å²) in [6, 6.07) is 9.27. The molecule has 0 aliphatic carbocycles.